The highest BCUT2D eigenvalue weighted by molar-refractivity contribution is 6.00. The van der Waals surface area contributed by atoms with Gasteiger partial charge in [-0.05, 0) is 35.9 Å². The molecule has 0 saturated carbocycles. The fourth-order valence-electron chi connectivity index (χ4n) is 3.36. The Morgan fingerprint density at radius 2 is 1.73 bits per heavy atom. The molecule has 0 bridgehead atoms. The van der Waals surface area contributed by atoms with Crippen molar-refractivity contribution in [2.24, 2.45) is 0 Å². The minimum Gasteiger partial charge on any atom is -0.505 e. The lowest BCUT2D eigenvalue weighted by Crippen LogP contribution is -2.37. The molecule has 0 aliphatic carbocycles. The monoisotopic (exact) mass is 409 g/mol. The number of aromatic hydroxyl groups is 1. The zero-order valence-electron chi connectivity index (χ0n) is 15.5. The Morgan fingerprint density at radius 1 is 1.03 bits per heavy atom. The van der Waals surface area contributed by atoms with Gasteiger partial charge in [0, 0.05) is 5.39 Å². The molecule has 0 spiro atoms. The molecule has 152 valence electrons. The Morgan fingerprint density at radius 3 is 2.43 bits per heavy atom. The van der Waals surface area contributed by atoms with Crippen LogP contribution in [0.5, 0.6) is 5.75 Å². The summed E-state index contributed by atoms with van der Waals surface area (Å²) in [5, 5.41) is 22.1. The van der Waals surface area contributed by atoms with Gasteiger partial charge in [-0.15, -0.1) is 0 Å². The average Bonchev–Trinajstić information content (AvgIpc) is 3.01. The van der Waals surface area contributed by atoms with E-state index >= 15 is 0 Å². The molecule has 1 amide bonds. The molecule has 0 radical (unpaired) electrons. The molecule has 0 unspecified atom stereocenters. The Hall–Kier alpha value is -4.14. The highest BCUT2D eigenvalue weighted by atomic mass is 19.1. The van der Waals surface area contributed by atoms with E-state index in [9.17, 15) is 23.9 Å². The third-order valence-electron chi connectivity index (χ3n) is 4.74. The molecular weight excluding hydrogens is 393 g/mol. The quantitative estimate of drug-likeness (QED) is 0.466. The maximum atomic E-state index is 13.3. The number of carbonyl (C=O) groups is 2. The third-order valence-corrected chi connectivity index (χ3v) is 4.74. The van der Waals surface area contributed by atoms with Gasteiger partial charge >= 0.3 is 5.97 Å². The average molecular weight is 409 g/mol. The van der Waals surface area contributed by atoms with Crippen molar-refractivity contribution in [2.45, 2.75) is 6.54 Å². The smallest absolute Gasteiger partial charge is 0.322 e. The van der Waals surface area contributed by atoms with Crippen molar-refractivity contribution in [1.82, 2.24) is 14.5 Å². The van der Waals surface area contributed by atoms with E-state index in [-0.39, 0.29) is 23.4 Å². The summed E-state index contributed by atoms with van der Waals surface area (Å²) in [5.74, 6) is -2.68. The van der Waals surface area contributed by atoms with Crippen LogP contribution in [0, 0.1) is 5.82 Å². The topological polar surface area (TPSA) is 113 Å². The van der Waals surface area contributed by atoms with Gasteiger partial charge in [-0.3, -0.25) is 14.4 Å². The maximum absolute atomic E-state index is 13.3. The minimum absolute atomic E-state index is 0.00617. The van der Waals surface area contributed by atoms with Crippen LogP contribution in [-0.4, -0.2) is 37.8 Å². The van der Waals surface area contributed by atoms with E-state index in [1.54, 1.807) is 24.3 Å². The summed E-state index contributed by atoms with van der Waals surface area (Å²) in [5.41, 5.74) is 0.347. The number of carboxylic acids is 1. The predicted octanol–water partition coefficient (Wildman–Crippen LogP) is 1.96. The van der Waals surface area contributed by atoms with Crippen molar-refractivity contribution in [3.8, 4) is 5.75 Å². The summed E-state index contributed by atoms with van der Waals surface area (Å²) in [6.45, 7) is -0.663. The first-order chi connectivity index (χ1) is 14.4. The number of amides is 1. The Balaban J connectivity index is 1.97. The van der Waals surface area contributed by atoms with Crippen LogP contribution in [-0.2, 0) is 11.3 Å². The van der Waals surface area contributed by atoms with Crippen LogP contribution in [0.15, 0.2) is 59.4 Å². The molecule has 0 aliphatic rings. The highest BCUT2D eigenvalue weighted by Crippen LogP contribution is 2.32. The lowest BCUT2D eigenvalue weighted by molar-refractivity contribution is -0.135. The van der Waals surface area contributed by atoms with Crippen LogP contribution in [0.3, 0.4) is 0 Å². The van der Waals surface area contributed by atoms with Gasteiger partial charge in [0.05, 0.1) is 12.1 Å². The van der Waals surface area contributed by atoms with Crippen molar-refractivity contribution < 1.29 is 24.2 Å². The molecule has 0 fully saturated rings. The standard InChI is InChI=1S/C21H16FN3O5/c22-13-7-5-12(6-8-13)11-24-21(30)15(20(29)23-10-18(26)27)9-17-19(28)14-3-1-2-4-16(14)25(17)24/h1-9,28H,10-11H2,(H,23,29)(H,26,27). The molecule has 0 atom stereocenters. The Kier molecular flexibility index (Phi) is 4.71. The molecule has 4 aromatic rings. The molecule has 2 heterocycles. The third kappa shape index (κ3) is 3.26. The fraction of sp³-hybridized carbons (Fsp3) is 0.0952. The number of nitrogens with zero attached hydrogens (tertiary/aromatic N) is 2. The van der Waals surface area contributed by atoms with Crippen molar-refractivity contribution in [3.05, 3.63) is 81.9 Å². The van der Waals surface area contributed by atoms with Crippen molar-refractivity contribution in [1.29, 1.82) is 0 Å². The highest BCUT2D eigenvalue weighted by Gasteiger charge is 2.21. The van der Waals surface area contributed by atoms with Gasteiger partial charge in [-0.1, -0.05) is 24.3 Å². The van der Waals surface area contributed by atoms with Gasteiger partial charge in [-0.2, -0.15) is 0 Å². The molecule has 2 aromatic heterocycles. The molecule has 0 aliphatic heterocycles. The van der Waals surface area contributed by atoms with Crippen molar-refractivity contribution in [3.63, 3.8) is 0 Å². The zero-order valence-corrected chi connectivity index (χ0v) is 15.5. The number of nitrogens with one attached hydrogen (secondary N) is 1. The number of halogens is 1. The van der Waals surface area contributed by atoms with Gasteiger partial charge in [0.2, 0.25) is 0 Å². The summed E-state index contributed by atoms with van der Waals surface area (Å²) in [6, 6.07) is 13.6. The van der Waals surface area contributed by atoms with Crippen LogP contribution in [0.2, 0.25) is 0 Å². The molecule has 8 nitrogen and oxygen atoms in total. The minimum atomic E-state index is -1.26. The van der Waals surface area contributed by atoms with E-state index < -0.39 is 29.8 Å². The fourth-order valence-corrected chi connectivity index (χ4v) is 3.36. The zero-order chi connectivity index (χ0) is 21.4. The van der Waals surface area contributed by atoms with Crippen molar-refractivity contribution >= 4 is 28.3 Å². The molecular formula is C21H16FN3O5. The number of benzene rings is 2. The van der Waals surface area contributed by atoms with E-state index in [2.05, 4.69) is 5.32 Å². The predicted molar refractivity (Wildman–Crippen MR) is 106 cm³/mol. The number of para-hydroxylation sites is 1. The Labute approximate surface area is 168 Å². The molecule has 2 aromatic carbocycles. The van der Waals surface area contributed by atoms with Gasteiger partial charge < -0.3 is 15.5 Å². The van der Waals surface area contributed by atoms with Crippen LogP contribution >= 0.6 is 0 Å². The number of rotatable bonds is 5. The van der Waals surface area contributed by atoms with Gasteiger partial charge in [0.1, 0.15) is 23.4 Å². The molecule has 0 saturated heterocycles. The molecule has 30 heavy (non-hydrogen) atoms. The van der Waals surface area contributed by atoms with Crippen LogP contribution in [0.25, 0.3) is 16.4 Å². The normalized spacial score (nSPS) is 11.1. The van der Waals surface area contributed by atoms with E-state index in [0.29, 0.717) is 16.5 Å². The summed E-state index contributed by atoms with van der Waals surface area (Å²) in [7, 11) is 0. The Bertz CT molecular complexity index is 1360. The molecule has 9 heteroatoms. The summed E-state index contributed by atoms with van der Waals surface area (Å²) in [4.78, 5) is 36.4. The molecule has 3 N–H and O–H groups in total. The van der Waals surface area contributed by atoms with E-state index in [1.807, 2.05) is 0 Å². The lowest BCUT2D eigenvalue weighted by Gasteiger charge is -2.13. The largest absolute Gasteiger partial charge is 0.505 e. The SMILES string of the molecule is O=C(O)CNC(=O)c1cc2c(O)c3ccccc3n2n(Cc2ccc(F)cc2)c1=O. The van der Waals surface area contributed by atoms with Crippen LogP contribution < -0.4 is 10.9 Å². The number of carboxylic acid groups (broad SMARTS) is 1. The summed E-state index contributed by atoms with van der Waals surface area (Å²) in [6.07, 6.45) is 0. The van der Waals surface area contributed by atoms with E-state index in [4.69, 9.17) is 5.11 Å². The second kappa shape index (κ2) is 7.36. The van der Waals surface area contributed by atoms with Crippen LogP contribution in [0.4, 0.5) is 4.39 Å². The van der Waals surface area contributed by atoms with E-state index in [0.717, 1.165) is 0 Å². The van der Waals surface area contributed by atoms with Crippen molar-refractivity contribution in [2.75, 3.05) is 6.54 Å². The summed E-state index contributed by atoms with van der Waals surface area (Å²) < 4.78 is 16.0. The first-order valence-corrected chi connectivity index (χ1v) is 8.97. The molecule has 4 rings (SSSR count). The lowest BCUT2D eigenvalue weighted by atomic mass is 10.2. The van der Waals surface area contributed by atoms with Gasteiger partial charge in [-0.25, -0.2) is 13.6 Å². The number of fused-ring (bicyclic) bond motifs is 3. The number of hydrogen-bond acceptors (Lipinski definition) is 4. The first-order valence-electron chi connectivity index (χ1n) is 8.97. The number of carbonyl (C=O) groups excluding carboxylic acids is 1. The number of hydrogen-bond donors (Lipinski definition) is 3. The number of aliphatic carboxylic acids is 1. The van der Waals surface area contributed by atoms with E-state index in [1.165, 1.54) is 39.5 Å². The maximum Gasteiger partial charge on any atom is 0.322 e. The second-order valence-corrected chi connectivity index (χ2v) is 6.69. The van der Waals surface area contributed by atoms with Gasteiger partial charge in [0.15, 0.2) is 5.75 Å². The van der Waals surface area contributed by atoms with Gasteiger partial charge in [0.25, 0.3) is 11.5 Å². The first kappa shape index (κ1) is 19.2. The van der Waals surface area contributed by atoms with Crippen LogP contribution in [0.1, 0.15) is 15.9 Å². The number of aromatic nitrogens is 2. The second-order valence-electron chi connectivity index (χ2n) is 6.69. The summed E-state index contributed by atoms with van der Waals surface area (Å²) >= 11 is 0.